The van der Waals surface area contributed by atoms with Gasteiger partial charge in [-0.1, -0.05) is 24.6 Å². The highest BCUT2D eigenvalue weighted by molar-refractivity contribution is 6.04. The normalized spacial score (nSPS) is 39.8. The minimum atomic E-state index is -1.74. The molecule has 4 fully saturated rings. The highest BCUT2D eigenvalue weighted by atomic mass is 16.7. The second-order valence-corrected chi connectivity index (χ2v) is 12.6. The Morgan fingerprint density at radius 1 is 0.891 bits per heavy atom. The van der Waals surface area contributed by atoms with Crippen molar-refractivity contribution < 1.29 is 59.9 Å². The molecule has 6 rings (SSSR count). The van der Waals surface area contributed by atoms with Crippen molar-refractivity contribution >= 4 is 16.8 Å². The first-order valence-electron chi connectivity index (χ1n) is 15.7. The quantitative estimate of drug-likeness (QED) is 0.150. The molecule has 1 aromatic carbocycles. The van der Waals surface area contributed by atoms with Gasteiger partial charge in [-0.2, -0.15) is 5.10 Å². The Morgan fingerprint density at radius 2 is 1.54 bits per heavy atom. The number of ether oxygens (including phenoxy) is 3. The number of piperidine rings is 2. The van der Waals surface area contributed by atoms with E-state index >= 15 is 0 Å². The minimum Gasteiger partial charge on any atom is -0.394 e. The van der Waals surface area contributed by atoms with Crippen LogP contribution >= 0.6 is 0 Å². The largest absolute Gasteiger partial charge is 0.394 e. The SMILES string of the molecule is CN1[C@@H]2CCC[C@H]1CC(NC(=O)c1nn(C)c3ccccc13)C2.OC[C@H]1O[C@@H](O[C@H]2[C@H](O)[C@@H](O)[C@H](O)O[C@@H]2CO)[C@H](O)[C@@H](O)[C@H]1O. The number of nitrogens with zero attached hydrogens (tertiary/aromatic N) is 3. The molecule has 1 unspecified atom stereocenters. The van der Waals surface area contributed by atoms with Gasteiger partial charge in [0.15, 0.2) is 18.3 Å². The molecule has 4 saturated heterocycles. The number of carbonyl (C=O) groups excluding carboxylic acids is 1. The molecule has 0 spiro atoms. The smallest absolute Gasteiger partial charge is 0.272 e. The summed E-state index contributed by atoms with van der Waals surface area (Å²) >= 11 is 0. The van der Waals surface area contributed by atoms with E-state index in [0.29, 0.717) is 17.8 Å². The summed E-state index contributed by atoms with van der Waals surface area (Å²) in [7, 11) is 4.12. The first-order chi connectivity index (χ1) is 21.9. The Hall–Kier alpha value is -2.32. The zero-order valence-corrected chi connectivity index (χ0v) is 25.8. The Balaban J connectivity index is 0.000000181. The summed E-state index contributed by atoms with van der Waals surface area (Å²) < 4.78 is 17.0. The number of carbonyl (C=O) groups is 1. The maximum Gasteiger partial charge on any atom is 0.272 e. The number of aliphatic hydroxyl groups is 8. The Morgan fingerprint density at radius 3 is 2.20 bits per heavy atom. The number of para-hydroxylation sites is 1. The molecule has 258 valence electrons. The topological polar surface area (TPSA) is 240 Å². The standard InChI is InChI=1S/C18H24N4O.C12H22O11/c1-21-13-6-5-7-14(21)11-12(10-13)19-18(23)17-15-8-3-4-9-16(15)22(2)20-17;13-1-3-5(15)6(16)9(19)12(22-3)23-10-4(2-14)21-11(20)8(18)7(10)17/h3-4,8-9,12-14H,5-7,10-11H2,1-2H3,(H,19,23);3-20H,1-2H2/t12?,13-,14+;3-,4-,5+,6+,7-,8-,9-,10-,11-,12+/m.1/s1. The van der Waals surface area contributed by atoms with Gasteiger partial charge in [0.1, 0.15) is 48.8 Å². The molecule has 4 aliphatic rings. The van der Waals surface area contributed by atoms with Gasteiger partial charge in [-0.05, 0) is 38.8 Å². The van der Waals surface area contributed by atoms with E-state index in [9.17, 15) is 40.5 Å². The highest BCUT2D eigenvalue weighted by Gasteiger charge is 2.50. The molecule has 1 amide bonds. The van der Waals surface area contributed by atoms with Crippen LogP contribution in [0.4, 0.5) is 0 Å². The number of rotatable bonds is 6. The molecule has 0 aliphatic carbocycles. The van der Waals surface area contributed by atoms with Gasteiger partial charge in [0.05, 0.1) is 18.7 Å². The number of fused-ring (bicyclic) bond motifs is 3. The molecule has 13 atom stereocenters. The average molecular weight is 655 g/mol. The molecule has 2 aromatic rings. The van der Waals surface area contributed by atoms with E-state index in [1.165, 1.54) is 19.3 Å². The van der Waals surface area contributed by atoms with Crippen LogP contribution in [0.25, 0.3) is 10.9 Å². The predicted molar refractivity (Wildman–Crippen MR) is 159 cm³/mol. The number of hydrogen-bond donors (Lipinski definition) is 9. The predicted octanol–water partition coefficient (Wildman–Crippen LogP) is -3.08. The average Bonchev–Trinajstić information content (AvgIpc) is 3.38. The van der Waals surface area contributed by atoms with Crippen molar-refractivity contribution in [3.63, 3.8) is 0 Å². The van der Waals surface area contributed by atoms with Gasteiger partial charge in [0.2, 0.25) is 0 Å². The van der Waals surface area contributed by atoms with Crippen LogP contribution in [0.15, 0.2) is 24.3 Å². The van der Waals surface area contributed by atoms with E-state index < -0.39 is 74.6 Å². The van der Waals surface area contributed by atoms with Crippen molar-refractivity contribution in [2.24, 2.45) is 7.05 Å². The lowest BCUT2D eigenvalue weighted by Gasteiger charge is -2.47. The monoisotopic (exact) mass is 654 g/mol. The molecule has 1 aromatic heterocycles. The van der Waals surface area contributed by atoms with Crippen LogP contribution < -0.4 is 5.32 Å². The first kappa shape index (κ1) is 35.0. The van der Waals surface area contributed by atoms with Gasteiger partial charge in [-0.15, -0.1) is 0 Å². The number of aromatic nitrogens is 2. The van der Waals surface area contributed by atoms with Crippen molar-refractivity contribution in [1.29, 1.82) is 0 Å². The third-order valence-electron chi connectivity index (χ3n) is 9.63. The lowest BCUT2D eigenvalue weighted by Crippen LogP contribution is -2.64. The number of aliphatic hydroxyl groups excluding tert-OH is 8. The number of nitrogens with one attached hydrogen (secondary N) is 1. The third kappa shape index (κ3) is 7.08. The fourth-order valence-corrected chi connectivity index (χ4v) is 6.94. The van der Waals surface area contributed by atoms with Gasteiger partial charge in [0, 0.05) is 30.6 Å². The summed E-state index contributed by atoms with van der Waals surface area (Å²) in [6.45, 7) is -1.35. The molecule has 2 bridgehead atoms. The van der Waals surface area contributed by atoms with Crippen LogP contribution in [-0.4, -0.2) is 161 Å². The summed E-state index contributed by atoms with van der Waals surface area (Å²) in [5, 5.41) is 85.1. The zero-order chi connectivity index (χ0) is 33.3. The molecule has 0 saturated carbocycles. The van der Waals surface area contributed by atoms with E-state index in [-0.39, 0.29) is 11.9 Å². The van der Waals surface area contributed by atoms with Crippen molar-refractivity contribution in [2.75, 3.05) is 20.3 Å². The summed E-state index contributed by atoms with van der Waals surface area (Å²) in [5.41, 5.74) is 1.55. The van der Waals surface area contributed by atoms with Crippen LogP contribution in [0.1, 0.15) is 42.6 Å². The number of benzene rings is 1. The van der Waals surface area contributed by atoms with E-state index in [0.717, 1.165) is 23.7 Å². The van der Waals surface area contributed by atoms with Crippen molar-refractivity contribution in [3.05, 3.63) is 30.0 Å². The molecule has 5 heterocycles. The van der Waals surface area contributed by atoms with Crippen LogP contribution in [-0.2, 0) is 21.3 Å². The zero-order valence-electron chi connectivity index (χ0n) is 25.8. The first-order valence-corrected chi connectivity index (χ1v) is 15.7. The summed E-state index contributed by atoms with van der Waals surface area (Å²) in [5.74, 6) is -0.0329. The van der Waals surface area contributed by atoms with E-state index in [1.807, 2.05) is 31.3 Å². The van der Waals surface area contributed by atoms with E-state index in [2.05, 4.69) is 22.4 Å². The second kappa shape index (κ2) is 14.8. The van der Waals surface area contributed by atoms with Crippen molar-refractivity contribution in [1.82, 2.24) is 20.0 Å². The Labute approximate surface area is 265 Å². The summed E-state index contributed by atoms with van der Waals surface area (Å²) in [6, 6.07) is 9.42. The van der Waals surface area contributed by atoms with Gasteiger partial charge in [0.25, 0.3) is 5.91 Å². The molecule has 16 nitrogen and oxygen atoms in total. The van der Waals surface area contributed by atoms with Crippen LogP contribution in [0.5, 0.6) is 0 Å². The molecule has 16 heteroatoms. The minimum absolute atomic E-state index is 0.0329. The van der Waals surface area contributed by atoms with Crippen LogP contribution in [0.2, 0.25) is 0 Å². The van der Waals surface area contributed by atoms with Crippen molar-refractivity contribution in [3.8, 4) is 0 Å². The molecule has 46 heavy (non-hydrogen) atoms. The van der Waals surface area contributed by atoms with Crippen molar-refractivity contribution in [2.45, 2.75) is 112 Å². The van der Waals surface area contributed by atoms with Gasteiger partial charge >= 0.3 is 0 Å². The maximum atomic E-state index is 12.7. The summed E-state index contributed by atoms with van der Waals surface area (Å²) in [6.07, 6.45) is -9.62. The van der Waals surface area contributed by atoms with Gasteiger partial charge in [-0.25, -0.2) is 0 Å². The second-order valence-electron chi connectivity index (χ2n) is 12.6. The highest BCUT2D eigenvalue weighted by Crippen LogP contribution is 2.33. The number of aryl methyl sites for hydroxylation is 1. The Kier molecular flexibility index (Phi) is 11.3. The fraction of sp³-hybridized carbons (Fsp3) is 0.733. The van der Waals surface area contributed by atoms with Gasteiger partial charge in [-0.3, -0.25) is 9.48 Å². The van der Waals surface area contributed by atoms with Gasteiger partial charge < -0.3 is 65.3 Å². The fourth-order valence-electron chi connectivity index (χ4n) is 6.94. The molecular weight excluding hydrogens is 608 g/mol. The lowest BCUT2D eigenvalue weighted by atomic mass is 9.82. The van der Waals surface area contributed by atoms with E-state index in [4.69, 9.17) is 19.3 Å². The van der Waals surface area contributed by atoms with E-state index in [1.54, 1.807) is 4.68 Å². The molecule has 4 aliphatic heterocycles. The summed E-state index contributed by atoms with van der Waals surface area (Å²) in [4.78, 5) is 15.3. The maximum absolute atomic E-state index is 12.7. The number of amides is 1. The molecule has 9 N–H and O–H groups in total. The lowest BCUT2D eigenvalue weighted by molar-refractivity contribution is -0.355. The third-order valence-corrected chi connectivity index (χ3v) is 9.63. The van der Waals surface area contributed by atoms with Crippen LogP contribution in [0, 0.1) is 0 Å². The number of hydrogen-bond acceptors (Lipinski definition) is 14. The molecular formula is C30H46N4O12. The molecule has 0 radical (unpaired) electrons. The Bertz CT molecular complexity index is 1300. The van der Waals surface area contributed by atoms with Crippen LogP contribution in [0.3, 0.4) is 0 Å².